The van der Waals surface area contributed by atoms with Gasteiger partial charge in [-0.05, 0) is 33.1 Å². The molecule has 0 amide bonds. The molecule has 112 valence electrons. The molecular weight excluding hydrogens is 254 g/mol. The summed E-state index contributed by atoms with van der Waals surface area (Å²) in [6.07, 6.45) is 4.79. The fourth-order valence-electron chi connectivity index (χ4n) is 3.46. The molecule has 0 radical (unpaired) electrons. The summed E-state index contributed by atoms with van der Waals surface area (Å²) in [5.74, 6) is 0. The molecule has 2 saturated heterocycles. The molecule has 5 nitrogen and oxygen atoms in total. The van der Waals surface area contributed by atoms with Gasteiger partial charge in [0.2, 0.25) is 0 Å². The second kappa shape index (κ2) is 5.47. The van der Waals surface area contributed by atoms with Crippen LogP contribution in [0.2, 0.25) is 0 Å². The predicted molar refractivity (Wildman–Crippen MR) is 76.5 cm³/mol. The van der Waals surface area contributed by atoms with E-state index < -0.39 is 0 Å². The molecule has 0 unspecified atom stereocenters. The van der Waals surface area contributed by atoms with Crippen LogP contribution in [0, 0.1) is 6.92 Å². The van der Waals surface area contributed by atoms with Gasteiger partial charge < -0.3 is 9.84 Å². The van der Waals surface area contributed by atoms with E-state index >= 15 is 0 Å². The van der Waals surface area contributed by atoms with Crippen molar-refractivity contribution >= 4 is 0 Å². The molecule has 0 saturated carbocycles. The highest BCUT2D eigenvalue weighted by Gasteiger charge is 2.45. The van der Waals surface area contributed by atoms with Gasteiger partial charge in [0.05, 0.1) is 17.4 Å². The van der Waals surface area contributed by atoms with E-state index in [4.69, 9.17) is 4.74 Å². The Morgan fingerprint density at radius 3 is 2.95 bits per heavy atom. The standard InChI is InChI=1S/C15H25N3O2/c1-3-18-10-13(12(2)16-18)9-17-7-6-15(14(19)11-17)5-4-8-20-15/h10,14,19H,3-9,11H2,1-2H3/t14-,15-/m0/s1. The number of aryl methyl sites for hydroxylation is 2. The summed E-state index contributed by atoms with van der Waals surface area (Å²) in [4.78, 5) is 2.32. The van der Waals surface area contributed by atoms with Crippen molar-refractivity contribution in [2.24, 2.45) is 0 Å². The zero-order chi connectivity index (χ0) is 14.2. The van der Waals surface area contributed by atoms with Gasteiger partial charge in [-0.25, -0.2) is 0 Å². The summed E-state index contributed by atoms with van der Waals surface area (Å²) in [7, 11) is 0. The molecule has 2 fully saturated rings. The fraction of sp³-hybridized carbons (Fsp3) is 0.800. The first-order valence-corrected chi connectivity index (χ1v) is 7.70. The number of hydrogen-bond donors (Lipinski definition) is 1. The van der Waals surface area contributed by atoms with Gasteiger partial charge in [0.1, 0.15) is 0 Å². The van der Waals surface area contributed by atoms with E-state index in [-0.39, 0.29) is 11.7 Å². The van der Waals surface area contributed by atoms with E-state index in [1.54, 1.807) is 0 Å². The number of aliphatic hydroxyl groups is 1. The lowest BCUT2D eigenvalue weighted by Gasteiger charge is -2.42. The molecule has 2 aliphatic rings. The van der Waals surface area contributed by atoms with Gasteiger partial charge in [-0.3, -0.25) is 9.58 Å². The van der Waals surface area contributed by atoms with Crippen molar-refractivity contribution < 1.29 is 9.84 Å². The van der Waals surface area contributed by atoms with Gasteiger partial charge in [-0.1, -0.05) is 0 Å². The summed E-state index contributed by atoms with van der Waals surface area (Å²) in [6, 6.07) is 0. The van der Waals surface area contributed by atoms with Gasteiger partial charge in [0, 0.05) is 44.5 Å². The van der Waals surface area contributed by atoms with Gasteiger partial charge in [-0.2, -0.15) is 5.10 Å². The first-order chi connectivity index (χ1) is 9.63. The molecule has 1 aromatic rings. The average molecular weight is 279 g/mol. The maximum Gasteiger partial charge on any atom is 0.0965 e. The molecule has 1 N–H and O–H groups in total. The Balaban J connectivity index is 1.63. The van der Waals surface area contributed by atoms with Crippen LogP contribution in [0.4, 0.5) is 0 Å². The number of β-amino-alcohol motifs (C(OH)–C–C–N with tert-alkyl or cyclic N) is 1. The maximum absolute atomic E-state index is 10.4. The summed E-state index contributed by atoms with van der Waals surface area (Å²) < 4.78 is 7.82. The molecule has 3 heterocycles. The fourth-order valence-corrected chi connectivity index (χ4v) is 3.46. The van der Waals surface area contributed by atoms with Crippen molar-refractivity contribution in [3.8, 4) is 0 Å². The smallest absolute Gasteiger partial charge is 0.0965 e. The zero-order valence-corrected chi connectivity index (χ0v) is 12.5. The third-order valence-electron chi connectivity index (χ3n) is 4.79. The van der Waals surface area contributed by atoms with Crippen LogP contribution in [-0.2, 0) is 17.8 Å². The highest BCUT2D eigenvalue weighted by molar-refractivity contribution is 5.15. The molecule has 5 heteroatoms. The summed E-state index contributed by atoms with van der Waals surface area (Å²) in [6.45, 7) is 8.44. The van der Waals surface area contributed by atoms with Crippen LogP contribution >= 0.6 is 0 Å². The van der Waals surface area contributed by atoms with Gasteiger partial charge in [-0.15, -0.1) is 0 Å². The van der Waals surface area contributed by atoms with Gasteiger partial charge >= 0.3 is 0 Å². The third-order valence-corrected chi connectivity index (χ3v) is 4.79. The Labute approximate surface area is 120 Å². The minimum absolute atomic E-state index is 0.251. The zero-order valence-electron chi connectivity index (χ0n) is 12.5. The van der Waals surface area contributed by atoms with E-state index in [0.29, 0.717) is 6.54 Å². The number of ether oxygens (including phenoxy) is 1. The normalized spacial score (nSPS) is 31.2. The van der Waals surface area contributed by atoms with Crippen molar-refractivity contribution in [1.29, 1.82) is 0 Å². The largest absolute Gasteiger partial charge is 0.389 e. The minimum Gasteiger partial charge on any atom is -0.389 e. The second-order valence-electron chi connectivity index (χ2n) is 6.11. The topological polar surface area (TPSA) is 50.5 Å². The monoisotopic (exact) mass is 279 g/mol. The van der Waals surface area contributed by atoms with Crippen LogP contribution in [0.3, 0.4) is 0 Å². The van der Waals surface area contributed by atoms with E-state index in [1.807, 2.05) is 4.68 Å². The molecule has 0 aliphatic carbocycles. The first kappa shape index (κ1) is 14.0. The lowest BCUT2D eigenvalue weighted by atomic mass is 9.86. The Bertz CT molecular complexity index is 466. The molecule has 0 aromatic carbocycles. The highest BCUT2D eigenvalue weighted by atomic mass is 16.5. The molecule has 0 bridgehead atoms. The number of aromatic nitrogens is 2. The highest BCUT2D eigenvalue weighted by Crippen LogP contribution is 2.36. The Kier molecular flexibility index (Phi) is 3.84. The molecular formula is C15H25N3O2. The van der Waals surface area contributed by atoms with Crippen molar-refractivity contribution in [1.82, 2.24) is 14.7 Å². The molecule has 1 spiro atoms. The molecule has 20 heavy (non-hydrogen) atoms. The summed E-state index contributed by atoms with van der Waals surface area (Å²) in [5, 5.41) is 14.9. The van der Waals surface area contributed by atoms with E-state index in [1.165, 1.54) is 5.56 Å². The lowest BCUT2D eigenvalue weighted by Crippen LogP contribution is -2.54. The predicted octanol–water partition coefficient (Wildman–Crippen LogP) is 1.33. The Morgan fingerprint density at radius 2 is 2.35 bits per heavy atom. The summed E-state index contributed by atoms with van der Waals surface area (Å²) >= 11 is 0. The quantitative estimate of drug-likeness (QED) is 0.907. The van der Waals surface area contributed by atoms with Crippen molar-refractivity contribution in [3.05, 3.63) is 17.5 Å². The third kappa shape index (κ3) is 2.50. The Hall–Kier alpha value is -0.910. The minimum atomic E-state index is -0.361. The second-order valence-corrected chi connectivity index (χ2v) is 6.11. The SMILES string of the molecule is CCn1cc(CN2CC[C@@]3(CCCO3)[C@@H](O)C2)c(C)n1. The summed E-state index contributed by atoms with van der Waals surface area (Å²) in [5.41, 5.74) is 2.11. The maximum atomic E-state index is 10.4. The van der Waals surface area contributed by atoms with Crippen LogP contribution in [-0.4, -0.2) is 51.2 Å². The van der Waals surface area contributed by atoms with Crippen LogP contribution in [0.15, 0.2) is 6.20 Å². The van der Waals surface area contributed by atoms with Crippen molar-refractivity contribution in [2.75, 3.05) is 19.7 Å². The van der Waals surface area contributed by atoms with Crippen LogP contribution in [0.1, 0.15) is 37.4 Å². The molecule has 3 rings (SSSR count). The molecule has 2 atom stereocenters. The number of piperidine rings is 1. The molecule has 1 aromatic heterocycles. The van der Waals surface area contributed by atoms with Gasteiger partial charge in [0.25, 0.3) is 0 Å². The van der Waals surface area contributed by atoms with Crippen LogP contribution in [0.5, 0.6) is 0 Å². The van der Waals surface area contributed by atoms with E-state index in [2.05, 4.69) is 30.0 Å². The van der Waals surface area contributed by atoms with Gasteiger partial charge in [0.15, 0.2) is 0 Å². The van der Waals surface area contributed by atoms with Crippen LogP contribution < -0.4 is 0 Å². The van der Waals surface area contributed by atoms with Crippen molar-refractivity contribution in [2.45, 2.75) is 57.9 Å². The first-order valence-electron chi connectivity index (χ1n) is 7.70. The van der Waals surface area contributed by atoms with E-state index in [0.717, 1.165) is 51.2 Å². The van der Waals surface area contributed by atoms with Crippen molar-refractivity contribution in [3.63, 3.8) is 0 Å². The number of likely N-dealkylation sites (tertiary alicyclic amines) is 1. The lowest BCUT2D eigenvalue weighted by molar-refractivity contribution is -0.130. The van der Waals surface area contributed by atoms with E-state index in [9.17, 15) is 5.11 Å². The number of rotatable bonds is 3. The van der Waals surface area contributed by atoms with Crippen LogP contribution in [0.25, 0.3) is 0 Å². The average Bonchev–Trinajstić information content (AvgIpc) is 3.03. The Morgan fingerprint density at radius 1 is 1.50 bits per heavy atom. The number of aliphatic hydroxyl groups excluding tert-OH is 1. The number of nitrogens with zero attached hydrogens (tertiary/aromatic N) is 3. The number of hydrogen-bond acceptors (Lipinski definition) is 4. The molecule has 2 aliphatic heterocycles.